The smallest absolute Gasteiger partial charge is 0.213 e. The summed E-state index contributed by atoms with van der Waals surface area (Å²) in [6.07, 6.45) is 1.79. The number of benzene rings is 1. The number of pyridine rings is 1. The molecule has 4 nitrogen and oxygen atoms in total. The molecule has 0 atom stereocenters. The molecular weight excluding hydrogens is 238 g/mol. The van der Waals surface area contributed by atoms with Gasteiger partial charge in [-0.05, 0) is 34.9 Å². The van der Waals surface area contributed by atoms with Crippen molar-refractivity contribution >= 4 is 5.69 Å². The molecule has 2 aromatic rings. The number of anilines is 1. The molecule has 2 N–H and O–H groups in total. The van der Waals surface area contributed by atoms with E-state index < -0.39 is 0 Å². The van der Waals surface area contributed by atoms with E-state index in [2.05, 4.69) is 22.0 Å². The molecule has 98 valence electrons. The Morgan fingerprint density at radius 2 is 2.05 bits per heavy atom. The summed E-state index contributed by atoms with van der Waals surface area (Å²) in [6, 6.07) is 10.2. The highest BCUT2D eigenvalue weighted by molar-refractivity contribution is 5.46. The minimum absolute atomic E-state index is 0.665. The highest BCUT2D eigenvalue weighted by atomic mass is 16.5. The van der Waals surface area contributed by atoms with Crippen molar-refractivity contribution in [1.29, 1.82) is 0 Å². The van der Waals surface area contributed by atoms with Crippen molar-refractivity contribution in [2.45, 2.75) is 19.6 Å². The Hall–Kier alpha value is -2.07. The van der Waals surface area contributed by atoms with Gasteiger partial charge >= 0.3 is 0 Å². The van der Waals surface area contributed by atoms with Crippen LogP contribution >= 0.6 is 0 Å². The summed E-state index contributed by atoms with van der Waals surface area (Å²) in [5.41, 5.74) is 10.6. The summed E-state index contributed by atoms with van der Waals surface area (Å²) in [7, 11) is 1.64. The Morgan fingerprint density at radius 3 is 2.89 bits per heavy atom. The minimum Gasteiger partial charge on any atom is -0.481 e. The van der Waals surface area contributed by atoms with Crippen LogP contribution in [-0.2, 0) is 19.6 Å². The van der Waals surface area contributed by atoms with Gasteiger partial charge in [0.15, 0.2) is 0 Å². The lowest BCUT2D eigenvalue weighted by Gasteiger charge is -2.14. The van der Waals surface area contributed by atoms with Gasteiger partial charge in [-0.3, -0.25) is 4.90 Å². The molecular formula is C15H17N3O. The number of rotatable bonds is 3. The fourth-order valence-electron chi connectivity index (χ4n) is 2.52. The average Bonchev–Trinajstić information content (AvgIpc) is 2.80. The average molecular weight is 255 g/mol. The summed E-state index contributed by atoms with van der Waals surface area (Å²) in [4.78, 5) is 6.51. The van der Waals surface area contributed by atoms with Crippen LogP contribution in [0.25, 0.3) is 0 Å². The third-order valence-corrected chi connectivity index (χ3v) is 3.43. The van der Waals surface area contributed by atoms with Crippen LogP contribution in [-0.4, -0.2) is 17.0 Å². The van der Waals surface area contributed by atoms with Gasteiger partial charge in [0.25, 0.3) is 0 Å². The number of nitrogen functional groups attached to an aromatic ring is 1. The molecule has 0 bridgehead atoms. The molecule has 0 radical (unpaired) electrons. The molecule has 0 saturated carbocycles. The number of hydrogen-bond donors (Lipinski definition) is 1. The molecule has 1 aliphatic rings. The Labute approximate surface area is 112 Å². The second-order valence-electron chi connectivity index (χ2n) is 4.88. The van der Waals surface area contributed by atoms with Gasteiger partial charge in [0, 0.05) is 37.6 Å². The van der Waals surface area contributed by atoms with Gasteiger partial charge in [0.2, 0.25) is 5.88 Å². The van der Waals surface area contributed by atoms with Crippen molar-refractivity contribution in [3.8, 4) is 5.88 Å². The van der Waals surface area contributed by atoms with Crippen LogP contribution in [0, 0.1) is 0 Å². The van der Waals surface area contributed by atoms with E-state index in [4.69, 9.17) is 10.5 Å². The zero-order valence-corrected chi connectivity index (χ0v) is 11.0. The number of aromatic nitrogens is 1. The first-order valence-corrected chi connectivity index (χ1v) is 6.33. The van der Waals surface area contributed by atoms with Crippen LogP contribution in [0.4, 0.5) is 5.69 Å². The third kappa shape index (κ3) is 2.53. The van der Waals surface area contributed by atoms with Crippen molar-refractivity contribution in [3.05, 3.63) is 53.2 Å². The van der Waals surface area contributed by atoms with Gasteiger partial charge in [-0.1, -0.05) is 6.07 Å². The normalized spacial score (nSPS) is 14.4. The van der Waals surface area contributed by atoms with Gasteiger partial charge in [0.05, 0.1) is 7.11 Å². The number of hydrogen-bond acceptors (Lipinski definition) is 4. The number of ether oxygens (including phenoxy) is 1. The number of nitrogens with zero attached hydrogens (tertiary/aromatic N) is 2. The van der Waals surface area contributed by atoms with E-state index in [1.54, 1.807) is 13.3 Å². The van der Waals surface area contributed by atoms with Gasteiger partial charge in [-0.2, -0.15) is 0 Å². The lowest BCUT2D eigenvalue weighted by molar-refractivity contribution is 0.274. The summed E-state index contributed by atoms with van der Waals surface area (Å²) >= 11 is 0. The molecule has 1 aromatic carbocycles. The summed E-state index contributed by atoms with van der Waals surface area (Å²) in [6.45, 7) is 2.82. The molecule has 1 aromatic heterocycles. The van der Waals surface area contributed by atoms with Gasteiger partial charge in [-0.25, -0.2) is 4.98 Å². The highest BCUT2D eigenvalue weighted by Crippen LogP contribution is 2.26. The molecule has 0 amide bonds. The van der Waals surface area contributed by atoms with Crippen molar-refractivity contribution in [1.82, 2.24) is 9.88 Å². The van der Waals surface area contributed by atoms with Crippen LogP contribution < -0.4 is 10.5 Å². The zero-order chi connectivity index (χ0) is 13.2. The Balaban J connectivity index is 1.73. The van der Waals surface area contributed by atoms with Crippen molar-refractivity contribution < 1.29 is 4.74 Å². The Kier molecular flexibility index (Phi) is 3.09. The molecule has 0 fully saturated rings. The quantitative estimate of drug-likeness (QED) is 0.854. The Morgan fingerprint density at radius 1 is 1.21 bits per heavy atom. The van der Waals surface area contributed by atoms with Crippen molar-refractivity contribution in [3.63, 3.8) is 0 Å². The first-order valence-electron chi connectivity index (χ1n) is 6.33. The van der Waals surface area contributed by atoms with Gasteiger partial charge < -0.3 is 10.5 Å². The van der Waals surface area contributed by atoms with Gasteiger partial charge in [-0.15, -0.1) is 0 Å². The first-order chi connectivity index (χ1) is 9.24. The van der Waals surface area contributed by atoms with Crippen molar-refractivity contribution in [2.75, 3.05) is 12.8 Å². The maximum absolute atomic E-state index is 5.82. The maximum atomic E-state index is 5.82. The van der Waals surface area contributed by atoms with Crippen molar-refractivity contribution in [2.24, 2.45) is 0 Å². The monoisotopic (exact) mass is 255 g/mol. The SMILES string of the molecule is COc1cc(CN2Cc3ccc(N)cc3C2)ccn1. The fourth-order valence-corrected chi connectivity index (χ4v) is 2.52. The van der Waals surface area contributed by atoms with E-state index >= 15 is 0 Å². The van der Waals surface area contributed by atoms with E-state index in [1.165, 1.54) is 16.7 Å². The van der Waals surface area contributed by atoms with E-state index in [-0.39, 0.29) is 0 Å². The molecule has 0 spiro atoms. The van der Waals surface area contributed by atoms with Crippen LogP contribution in [0.2, 0.25) is 0 Å². The largest absolute Gasteiger partial charge is 0.481 e. The molecule has 0 aliphatic carbocycles. The van der Waals surface area contributed by atoms with Crippen LogP contribution in [0.5, 0.6) is 5.88 Å². The maximum Gasteiger partial charge on any atom is 0.213 e. The highest BCUT2D eigenvalue weighted by Gasteiger charge is 2.19. The second kappa shape index (κ2) is 4.90. The molecule has 0 saturated heterocycles. The van der Waals surface area contributed by atoms with Crippen LogP contribution in [0.3, 0.4) is 0 Å². The lowest BCUT2D eigenvalue weighted by Crippen LogP contribution is -2.15. The summed E-state index contributed by atoms with van der Waals surface area (Å²) < 4.78 is 5.15. The number of fused-ring (bicyclic) bond motifs is 1. The molecule has 0 unspecified atom stereocenters. The first kappa shape index (κ1) is 12.0. The predicted molar refractivity (Wildman–Crippen MR) is 74.6 cm³/mol. The second-order valence-corrected chi connectivity index (χ2v) is 4.88. The molecule has 4 heteroatoms. The topological polar surface area (TPSA) is 51.4 Å². The molecule has 1 aliphatic heterocycles. The molecule has 19 heavy (non-hydrogen) atoms. The van der Waals surface area contributed by atoms with Crippen LogP contribution in [0.15, 0.2) is 36.5 Å². The Bertz CT molecular complexity index is 598. The third-order valence-electron chi connectivity index (χ3n) is 3.43. The van der Waals surface area contributed by atoms with E-state index in [0.717, 1.165) is 25.3 Å². The zero-order valence-electron chi connectivity index (χ0n) is 11.0. The number of nitrogens with two attached hydrogens (primary N) is 1. The fraction of sp³-hybridized carbons (Fsp3) is 0.267. The molecule has 2 heterocycles. The summed E-state index contributed by atoms with van der Waals surface area (Å²) in [5, 5.41) is 0. The lowest BCUT2D eigenvalue weighted by atomic mass is 10.1. The summed E-state index contributed by atoms with van der Waals surface area (Å²) in [5.74, 6) is 0.665. The van der Waals surface area contributed by atoms with E-state index in [1.807, 2.05) is 18.2 Å². The number of methoxy groups -OCH3 is 1. The molecule has 3 rings (SSSR count). The minimum atomic E-state index is 0.665. The van der Waals surface area contributed by atoms with Crippen LogP contribution in [0.1, 0.15) is 16.7 Å². The predicted octanol–water partition coefficient (Wildman–Crippen LogP) is 2.19. The van der Waals surface area contributed by atoms with E-state index in [9.17, 15) is 0 Å². The standard InChI is InChI=1S/C15H17N3O/c1-19-15-6-11(4-5-17-15)8-18-9-12-2-3-14(16)7-13(12)10-18/h2-7H,8-10,16H2,1H3. The van der Waals surface area contributed by atoms with Gasteiger partial charge in [0.1, 0.15) is 0 Å². The van der Waals surface area contributed by atoms with E-state index in [0.29, 0.717) is 5.88 Å².